The summed E-state index contributed by atoms with van der Waals surface area (Å²) in [5.41, 5.74) is -0.438. The minimum absolute atomic E-state index is 0.00454. The van der Waals surface area contributed by atoms with Gasteiger partial charge < -0.3 is 9.84 Å². The summed E-state index contributed by atoms with van der Waals surface area (Å²) in [4.78, 5) is 26.4. The lowest BCUT2D eigenvalue weighted by Crippen LogP contribution is -2.60. The van der Waals surface area contributed by atoms with E-state index >= 15 is 0 Å². The third-order valence-corrected chi connectivity index (χ3v) is 9.43. The second-order valence-electron chi connectivity index (χ2n) is 11.3. The Hall–Kier alpha value is -1.25. The fourth-order valence-electron chi connectivity index (χ4n) is 8.29. The molecule has 5 nitrogen and oxygen atoms in total. The average Bonchev–Trinajstić information content (AvgIpc) is 2.99. The molecule has 0 spiro atoms. The molecule has 0 aliphatic heterocycles. The summed E-state index contributed by atoms with van der Waals surface area (Å²) in [6.07, 6.45) is 5.12. The van der Waals surface area contributed by atoms with E-state index in [0.717, 1.165) is 38.5 Å². The number of rotatable bonds is 4. The number of hydrogen-bond donors (Lipinski definition) is 1. The number of fused-ring (bicyclic) bond motifs is 5. The summed E-state index contributed by atoms with van der Waals surface area (Å²) >= 11 is 0. The highest BCUT2D eigenvalue weighted by Gasteiger charge is 2.64. The molecule has 0 unspecified atom stereocenters. The number of nitrogens with zero attached hydrogens (tertiary/aromatic N) is 1. The van der Waals surface area contributed by atoms with E-state index in [1.54, 1.807) is 0 Å². The maximum Gasteiger partial charge on any atom is 0.150 e. The first-order valence-corrected chi connectivity index (χ1v) is 11.9. The molecule has 30 heavy (non-hydrogen) atoms. The summed E-state index contributed by atoms with van der Waals surface area (Å²) in [6, 6.07) is 2.02. The SMILES string of the molecule is CC(C)O[C@H]1C[C@@]2(C)[C@@H](CC[C@H]3[C@@H]4CC[C@H](C(=O)CC#N)[C@@]4(C)CC(=O)[C@@H]32)C[C@@H]1O. The first kappa shape index (κ1) is 22.0. The van der Waals surface area contributed by atoms with E-state index in [2.05, 4.69) is 13.8 Å². The zero-order chi connectivity index (χ0) is 21.8. The van der Waals surface area contributed by atoms with Crippen LogP contribution in [0.15, 0.2) is 0 Å². The van der Waals surface area contributed by atoms with Crippen LogP contribution in [0.2, 0.25) is 0 Å². The smallest absolute Gasteiger partial charge is 0.150 e. The van der Waals surface area contributed by atoms with Crippen molar-refractivity contribution in [1.82, 2.24) is 0 Å². The standard InChI is InChI=1S/C25H37NO4/c1-14(2)30-22-13-24(3)15(11-20(22)28)5-6-16-17-7-8-18(19(27)9-10-26)25(17,4)12-21(29)23(16)24/h14-18,20,22-23,28H,5-9,11-13H2,1-4H3/t15-,16-,17-,18+,20-,22-,23+,24-,25-/m0/s1. The lowest BCUT2D eigenvalue weighted by atomic mass is 9.44. The van der Waals surface area contributed by atoms with Gasteiger partial charge in [-0.2, -0.15) is 5.26 Å². The lowest BCUT2D eigenvalue weighted by Gasteiger charge is -2.60. The first-order valence-electron chi connectivity index (χ1n) is 11.9. The molecule has 0 amide bonds. The number of aliphatic hydroxyl groups is 1. The molecule has 4 aliphatic carbocycles. The molecule has 1 N–H and O–H groups in total. The second kappa shape index (κ2) is 7.71. The second-order valence-corrected chi connectivity index (χ2v) is 11.3. The Kier molecular flexibility index (Phi) is 5.64. The number of carbonyl (C=O) groups excluding carboxylic acids is 2. The van der Waals surface area contributed by atoms with Gasteiger partial charge in [0.05, 0.1) is 30.8 Å². The minimum Gasteiger partial charge on any atom is -0.390 e. The molecular formula is C25H37NO4. The lowest BCUT2D eigenvalue weighted by molar-refractivity contribution is -0.184. The van der Waals surface area contributed by atoms with Gasteiger partial charge in [0.2, 0.25) is 0 Å². The number of ether oxygens (including phenoxy) is 1. The predicted octanol–water partition coefficient (Wildman–Crippen LogP) is 4.07. The molecular weight excluding hydrogens is 378 g/mol. The molecule has 4 rings (SSSR count). The van der Waals surface area contributed by atoms with Gasteiger partial charge in [-0.1, -0.05) is 13.8 Å². The van der Waals surface area contributed by atoms with Crippen LogP contribution in [-0.4, -0.2) is 35.0 Å². The monoisotopic (exact) mass is 415 g/mol. The molecule has 0 aromatic heterocycles. The van der Waals surface area contributed by atoms with Gasteiger partial charge in [-0.05, 0) is 81.0 Å². The molecule has 166 valence electrons. The largest absolute Gasteiger partial charge is 0.390 e. The molecule has 0 radical (unpaired) electrons. The van der Waals surface area contributed by atoms with Crippen molar-refractivity contribution in [3.05, 3.63) is 0 Å². The van der Waals surface area contributed by atoms with E-state index < -0.39 is 6.10 Å². The molecule has 4 fully saturated rings. The van der Waals surface area contributed by atoms with Gasteiger partial charge in [0.1, 0.15) is 5.78 Å². The van der Waals surface area contributed by atoms with Gasteiger partial charge in [-0.25, -0.2) is 0 Å². The van der Waals surface area contributed by atoms with Crippen LogP contribution < -0.4 is 0 Å². The molecule has 0 bridgehead atoms. The molecule has 0 saturated heterocycles. The van der Waals surface area contributed by atoms with Crippen molar-refractivity contribution in [2.75, 3.05) is 0 Å². The highest BCUT2D eigenvalue weighted by atomic mass is 16.5. The Balaban J connectivity index is 1.63. The van der Waals surface area contributed by atoms with E-state index in [9.17, 15) is 14.7 Å². The number of ketones is 2. The van der Waals surface area contributed by atoms with E-state index in [-0.39, 0.29) is 47.1 Å². The quantitative estimate of drug-likeness (QED) is 0.748. The zero-order valence-corrected chi connectivity index (χ0v) is 18.9. The fourth-order valence-corrected chi connectivity index (χ4v) is 8.29. The molecule has 0 aromatic rings. The van der Waals surface area contributed by atoms with Crippen molar-refractivity contribution >= 4 is 11.6 Å². The highest BCUT2D eigenvalue weighted by molar-refractivity contribution is 5.88. The average molecular weight is 416 g/mol. The molecule has 4 aliphatic rings. The Morgan fingerprint density at radius 1 is 1.23 bits per heavy atom. The van der Waals surface area contributed by atoms with Crippen LogP contribution in [0.3, 0.4) is 0 Å². The Morgan fingerprint density at radius 3 is 2.63 bits per heavy atom. The van der Waals surface area contributed by atoms with Crippen molar-refractivity contribution in [3.63, 3.8) is 0 Å². The zero-order valence-electron chi connectivity index (χ0n) is 18.9. The summed E-state index contributed by atoms with van der Waals surface area (Å²) in [7, 11) is 0. The van der Waals surface area contributed by atoms with Crippen molar-refractivity contribution in [1.29, 1.82) is 5.26 Å². The summed E-state index contributed by atoms with van der Waals surface area (Å²) in [5, 5.41) is 19.7. The predicted molar refractivity (Wildman–Crippen MR) is 112 cm³/mol. The highest BCUT2D eigenvalue weighted by Crippen LogP contribution is 2.66. The first-order chi connectivity index (χ1) is 14.1. The number of carbonyl (C=O) groups is 2. The normalized spacial score (nSPS) is 47.9. The van der Waals surface area contributed by atoms with Gasteiger partial charge in [0.15, 0.2) is 5.78 Å². The number of nitriles is 1. The topological polar surface area (TPSA) is 87.4 Å². The Morgan fingerprint density at radius 2 is 1.97 bits per heavy atom. The maximum atomic E-state index is 13.7. The molecule has 9 atom stereocenters. The van der Waals surface area contributed by atoms with E-state index in [4.69, 9.17) is 10.00 Å². The molecule has 0 aromatic carbocycles. The Labute approximate surface area is 180 Å². The summed E-state index contributed by atoms with van der Waals surface area (Å²) in [6.45, 7) is 8.41. The van der Waals surface area contributed by atoms with Crippen LogP contribution in [0.1, 0.15) is 79.1 Å². The number of Topliss-reactive ketones (excluding diaryl/α,β-unsaturated/α-hetero) is 2. The van der Waals surface area contributed by atoms with Gasteiger partial charge in [-0.3, -0.25) is 9.59 Å². The Bertz CT molecular complexity index is 757. The van der Waals surface area contributed by atoms with Crippen molar-refractivity contribution < 1.29 is 19.4 Å². The van der Waals surface area contributed by atoms with E-state index in [0.29, 0.717) is 30.0 Å². The van der Waals surface area contributed by atoms with Crippen LogP contribution >= 0.6 is 0 Å². The molecule has 0 heterocycles. The van der Waals surface area contributed by atoms with Crippen LogP contribution in [0.4, 0.5) is 0 Å². The number of aliphatic hydroxyl groups excluding tert-OH is 1. The minimum atomic E-state index is -0.453. The summed E-state index contributed by atoms with van der Waals surface area (Å²) < 4.78 is 6.08. The maximum absolute atomic E-state index is 13.7. The third-order valence-electron chi connectivity index (χ3n) is 9.43. The third kappa shape index (κ3) is 3.26. The molecule has 5 heteroatoms. The van der Waals surface area contributed by atoms with E-state index in [1.165, 1.54) is 0 Å². The summed E-state index contributed by atoms with van der Waals surface area (Å²) in [5.74, 6) is 1.23. The molecule has 4 saturated carbocycles. The van der Waals surface area contributed by atoms with Gasteiger partial charge in [0, 0.05) is 18.3 Å². The van der Waals surface area contributed by atoms with Crippen LogP contribution in [-0.2, 0) is 14.3 Å². The van der Waals surface area contributed by atoms with Crippen molar-refractivity contribution in [3.8, 4) is 6.07 Å². The van der Waals surface area contributed by atoms with Gasteiger partial charge in [0.25, 0.3) is 0 Å². The van der Waals surface area contributed by atoms with Crippen LogP contribution in [0.5, 0.6) is 0 Å². The van der Waals surface area contributed by atoms with Gasteiger partial charge in [-0.15, -0.1) is 0 Å². The fraction of sp³-hybridized carbons (Fsp3) is 0.880. The van der Waals surface area contributed by atoms with Gasteiger partial charge >= 0.3 is 0 Å². The van der Waals surface area contributed by atoms with Crippen molar-refractivity contribution in [2.45, 2.75) is 97.4 Å². The van der Waals surface area contributed by atoms with E-state index in [1.807, 2.05) is 19.9 Å². The van der Waals surface area contributed by atoms with Crippen LogP contribution in [0, 0.1) is 51.8 Å². The number of hydrogen-bond acceptors (Lipinski definition) is 5. The van der Waals surface area contributed by atoms with Crippen molar-refractivity contribution in [2.24, 2.45) is 40.4 Å². The van der Waals surface area contributed by atoms with Crippen LogP contribution in [0.25, 0.3) is 0 Å².